The van der Waals surface area contributed by atoms with E-state index in [-0.39, 0.29) is 0 Å². The maximum atomic E-state index is 5.03. The van der Waals surface area contributed by atoms with Gasteiger partial charge in [0, 0.05) is 6.04 Å². The summed E-state index contributed by atoms with van der Waals surface area (Å²) in [6.45, 7) is 8.92. The normalized spacial score (nSPS) is 20.6. The number of nitrogens with two attached hydrogens (primary N) is 2. The Hall–Kier alpha value is -0.120. The van der Waals surface area contributed by atoms with Crippen molar-refractivity contribution >= 4 is 0 Å². The molecule has 2 saturated carbocycles. The Balaban J connectivity index is 0. The van der Waals surface area contributed by atoms with Crippen molar-refractivity contribution in [2.45, 2.75) is 219 Å². The quantitative estimate of drug-likeness (QED) is 0.318. The molecule has 0 aromatic heterocycles. The number of hydrogen-bond donors (Lipinski definition) is 3. The molecule has 2 aliphatic rings. The van der Waals surface area contributed by atoms with E-state index < -0.39 is 0 Å². The summed E-state index contributed by atoms with van der Waals surface area (Å²) in [5.41, 5.74) is 9.88. The Kier molecular flexibility index (Phi) is 43.1. The summed E-state index contributed by atoms with van der Waals surface area (Å²) in [7, 11) is 0. The molecule has 0 bridgehead atoms. The van der Waals surface area contributed by atoms with Crippen molar-refractivity contribution in [1.82, 2.24) is 5.32 Å². The molecule has 2 rings (SSSR count). The van der Waals surface area contributed by atoms with Gasteiger partial charge >= 0.3 is 0 Å². The van der Waals surface area contributed by atoms with Crippen LogP contribution < -0.4 is 16.8 Å². The Morgan fingerprint density at radius 1 is 0.400 bits per heavy atom. The highest BCUT2D eigenvalue weighted by atomic mass is 14.9. The van der Waals surface area contributed by atoms with Crippen molar-refractivity contribution in [3.8, 4) is 0 Å². The van der Waals surface area contributed by atoms with E-state index >= 15 is 0 Å². The van der Waals surface area contributed by atoms with Gasteiger partial charge in [-0.05, 0) is 38.9 Å². The van der Waals surface area contributed by atoms with Crippen LogP contribution in [0.15, 0.2) is 0 Å². The Bertz CT molecular complexity index is 324. The summed E-state index contributed by atoms with van der Waals surface area (Å²) >= 11 is 0. The average molecular weight is 568 g/mol. The Morgan fingerprint density at radius 2 is 0.575 bits per heavy atom. The third-order valence-electron chi connectivity index (χ3n) is 8.39. The SMILES string of the molecule is C1CCCCCCCCCCCCCC1.CCCN.CCN.CCNC1CCCCCCCCCCCCCC1. The van der Waals surface area contributed by atoms with Crippen molar-refractivity contribution in [2.75, 3.05) is 19.6 Å². The molecule has 40 heavy (non-hydrogen) atoms. The van der Waals surface area contributed by atoms with Gasteiger partial charge in [-0.3, -0.25) is 0 Å². The molecule has 3 nitrogen and oxygen atoms in total. The van der Waals surface area contributed by atoms with Crippen molar-refractivity contribution in [2.24, 2.45) is 11.5 Å². The molecule has 244 valence electrons. The lowest BCUT2D eigenvalue weighted by Gasteiger charge is -2.17. The van der Waals surface area contributed by atoms with E-state index in [9.17, 15) is 0 Å². The topological polar surface area (TPSA) is 64.1 Å². The van der Waals surface area contributed by atoms with Gasteiger partial charge in [-0.2, -0.15) is 0 Å². The molecule has 3 heteroatoms. The molecule has 2 aliphatic carbocycles. The van der Waals surface area contributed by atoms with Crippen LogP contribution in [-0.4, -0.2) is 25.7 Å². The van der Waals surface area contributed by atoms with Crippen molar-refractivity contribution in [1.29, 1.82) is 0 Å². The molecule has 2 fully saturated rings. The minimum Gasteiger partial charge on any atom is -0.331 e. The zero-order valence-electron chi connectivity index (χ0n) is 28.6. The second-order valence-corrected chi connectivity index (χ2v) is 12.6. The first kappa shape index (κ1) is 42.0. The summed E-state index contributed by atoms with van der Waals surface area (Å²) in [5, 5.41) is 3.68. The van der Waals surface area contributed by atoms with Crippen LogP contribution >= 0.6 is 0 Å². The second-order valence-electron chi connectivity index (χ2n) is 12.6. The molecule has 0 saturated heterocycles. The van der Waals surface area contributed by atoms with Crippen LogP contribution in [0.4, 0.5) is 0 Å². The maximum Gasteiger partial charge on any atom is 0.00669 e. The van der Waals surface area contributed by atoms with E-state index in [1.54, 1.807) is 0 Å². The van der Waals surface area contributed by atoms with Crippen LogP contribution in [-0.2, 0) is 0 Å². The van der Waals surface area contributed by atoms with Crippen LogP contribution in [0.3, 0.4) is 0 Å². The van der Waals surface area contributed by atoms with E-state index in [0.29, 0.717) is 0 Å². The summed E-state index contributed by atoms with van der Waals surface area (Å²) in [6, 6.07) is 0.806. The molecular formula is C37H81N3. The van der Waals surface area contributed by atoms with Gasteiger partial charge in [0.1, 0.15) is 0 Å². The molecular weight excluding hydrogens is 486 g/mol. The molecule has 0 atom stereocenters. The van der Waals surface area contributed by atoms with Gasteiger partial charge in [0.25, 0.3) is 0 Å². The zero-order valence-corrected chi connectivity index (χ0v) is 28.6. The third-order valence-corrected chi connectivity index (χ3v) is 8.39. The third kappa shape index (κ3) is 40.0. The monoisotopic (exact) mass is 568 g/mol. The molecule has 0 amide bonds. The van der Waals surface area contributed by atoms with E-state index in [0.717, 1.165) is 32.1 Å². The summed E-state index contributed by atoms with van der Waals surface area (Å²) in [5.74, 6) is 0. The average Bonchev–Trinajstić information content (AvgIpc) is 2.98. The van der Waals surface area contributed by atoms with Crippen LogP contribution in [0.1, 0.15) is 213 Å². The predicted octanol–water partition coefficient (Wildman–Crippen LogP) is 11.6. The van der Waals surface area contributed by atoms with Gasteiger partial charge in [-0.15, -0.1) is 0 Å². The molecule has 0 aromatic carbocycles. The first-order valence-electron chi connectivity index (χ1n) is 18.9. The van der Waals surface area contributed by atoms with Crippen molar-refractivity contribution < 1.29 is 0 Å². The minimum absolute atomic E-state index is 0.750. The van der Waals surface area contributed by atoms with Gasteiger partial charge < -0.3 is 16.8 Å². The molecule has 0 heterocycles. The lowest BCUT2D eigenvalue weighted by atomic mass is 10.0. The summed E-state index contributed by atoms with van der Waals surface area (Å²) in [6.07, 6.45) is 44.1. The fourth-order valence-corrected chi connectivity index (χ4v) is 5.84. The first-order valence-corrected chi connectivity index (χ1v) is 18.9. The zero-order chi connectivity index (χ0) is 29.6. The lowest BCUT2D eigenvalue weighted by molar-refractivity contribution is 0.422. The molecule has 0 radical (unpaired) electrons. The van der Waals surface area contributed by atoms with Gasteiger partial charge in [-0.25, -0.2) is 0 Å². The van der Waals surface area contributed by atoms with E-state index in [2.05, 4.69) is 19.2 Å². The molecule has 0 aliphatic heterocycles. The standard InChI is InChI=1S/C17H35N.C15H30.C3H9N.C2H7N/c1-2-18-17-15-13-11-9-7-5-3-4-6-8-10-12-14-16-17;1-2-4-6-8-10-12-14-15-13-11-9-7-5-3-1;1-2-3-4;1-2-3/h17-18H,2-16H2,1H3;1-15H2;2-4H2,1H3;2-3H2,1H3. The van der Waals surface area contributed by atoms with E-state index in [4.69, 9.17) is 11.5 Å². The first-order chi connectivity index (χ1) is 19.8. The van der Waals surface area contributed by atoms with Gasteiger partial charge in [0.05, 0.1) is 0 Å². The largest absolute Gasteiger partial charge is 0.331 e. The minimum atomic E-state index is 0.750. The fourth-order valence-electron chi connectivity index (χ4n) is 5.84. The van der Waals surface area contributed by atoms with Crippen molar-refractivity contribution in [3.05, 3.63) is 0 Å². The molecule has 0 unspecified atom stereocenters. The molecule has 0 spiro atoms. The number of rotatable bonds is 3. The summed E-state index contributed by atoms with van der Waals surface area (Å²) < 4.78 is 0. The highest BCUT2D eigenvalue weighted by Crippen LogP contribution is 2.18. The fraction of sp³-hybridized carbons (Fsp3) is 1.00. The smallest absolute Gasteiger partial charge is 0.00669 e. The molecule has 5 N–H and O–H groups in total. The lowest BCUT2D eigenvalue weighted by Crippen LogP contribution is -2.28. The second kappa shape index (κ2) is 41.0. The highest BCUT2D eigenvalue weighted by Gasteiger charge is 2.07. The van der Waals surface area contributed by atoms with E-state index in [1.165, 1.54) is 186 Å². The number of nitrogens with one attached hydrogen (secondary N) is 1. The van der Waals surface area contributed by atoms with Crippen LogP contribution in [0.25, 0.3) is 0 Å². The van der Waals surface area contributed by atoms with Crippen LogP contribution in [0.5, 0.6) is 0 Å². The molecule has 0 aromatic rings. The highest BCUT2D eigenvalue weighted by molar-refractivity contribution is 4.67. The van der Waals surface area contributed by atoms with Gasteiger partial charge in [0.2, 0.25) is 0 Å². The maximum absolute atomic E-state index is 5.03. The number of hydrogen-bond acceptors (Lipinski definition) is 3. The van der Waals surface area contributed by atoms with Crippen LogP contribution in [0.2, 0.25) is 0 Å². The van der Waals surface area contributed by atoms with E-state index in [1.807, 2.05) is 6.92 Å². The Morgan fingerprint density at radius 3 is 0.725 bits per heavy atom. The van der Waals surface area contributed by atoms with Gasteiger partial charge in [-0.1, -0.05) is 194 Å². The van der Waals surface area contributed by atoms with Crippen LogP contribution in [0, 0.1) is 0 Å². The predicted molar refractivity (Wildman–Crippen MR) is 185 cm³/mol. The van der Waals surface area contributed by atoms with Gasteiger partial charge in [0.15, 0.2) is 0 Å². The Labute approximate surface area is 255 Å². The summed E-state index contributed by atoms with van der Waals surface area (Å²) in [4.78, 5) is 0. The van der Waals surface area contributed by atoms with Crippen molar-refractivity contribution in [3.63, 3.8) is 0 Å².